The van der Waals surface area contributed by atoms with E-state index in [9.17, 15) is 4.79 Å². The van der Waals surface area contributed by atoms with Crippen LogP contribution < -0.4 is 16.0 Å². The van der Waals surface area contributed by atoms with Crippen LogP contribution in [-0.4, -0.2) is 34.7 Å². The fraction of sp³-hybridized carbons (Fsp3) is 0.292. The summed E-state index contributed by atoms with van der Waals surface area (Å²) in [6.45, 7) is 4.74. The third kappa shape index (κ3) is 6.09. The summed E-state index contributed by atoms with van der Waals surface area (Å²) in [6.07, 6.45) is 4.22. The molecule has 2 heterocycles. The van der Waals surface area contributed by atoms with Crippen LogP contribution in [0.25, 0.3) is 0 Å². The van der Waals surface area contributed by atoms with Crippen molar-refractivity contribution in [2.45, 2.75) is 32.4 Å². The van der Waals surface area contributed by atoms with Gasteiger partial charge in [0.25, 0.3) is 0 Å². The smallest absolute Gasteiger partial charge is 0.225 e. The number of para-hydroxylation sites is 1. The quantitative estimate of drug-likeness (QED) is 0.241. The molecule has 32 heavy (non-hydrogen) atoms. The minimum atomic E-state index is 0. The summed E-state index contributed by atoms with van der Waals surface area (Å²) in [5.41, 5.74) is 4.43. The number of carbonyl (C=O) groups is 1. The summed E-state index contributed by atoms with van der Waals surface area (Å²) in [7, 11) is 0. The maximum Gasteiger partial charge on any atom is 0.225 e. The molecule has 0 bridgehead atoms. The molecular weight excluding hydrogens is 515 g/mol. The topological polar surface area (TPSA) is 83.3 Å². The van der Waals surface area contributed by atoms with Crippen molar-refractivity contribution in [3.63, 3.8) is 0 Å². The summed E-state index contributed by atoms with van der Waals surface area (Å²) >= 11 is 0. The van der Waals surface area contributed by atoms with Crippen molar-refractivity contribution in [2.24, 2.45) is 4.99 Å². The standard InChI is InChI=1S/C24H28N6O.HI/c1-2-25-24(27-16-20-14-23(31)29-22-11-6-5-10-21(20)22)26-15-18-8-3-4-9-19(18)17-30-13-7-12-28-30;/h3-13,20H,2,14-17H2,1H3,(H,29,31)(H2,25,26,27);1H. The Hall–Kier alpha value is -2.88. The second-order valence-electron chi connectivity index (χ2n) is 7.58. The van der Waals surface area contributed by atoms with Crippen molar-refractivity contribution >= 4 is 41.5 Å². The Morgan fingerprint density at radius 1 is 1.12 bits per heavy atom. The molecule has 1 unspecified atom stereocenters. The molecular formula is C24H29IN6O. The van der Waals surface area contributed by atoms with E-state index in [-0.39, 0.29) is 35.8 Å². The highest BCUT2D eigenvalue weighted by Crippen LogP contribution is 2.31. The second-order valence-corrected chi connectivity index (χ2v) is 7.58. The van der Waals surface area contributed by atoms with Gasteiger partial charge in [0.15, 0.2) is 5.96 Å². The van der Waals surface area contributed by atoms with Gasteiger partial charge < -0.3 is 16.0 Å². The van der Waals surface area contributed by atoms with E-state index in [0.29, 0.717) is 19.5 Å². The molecule has 168 valence electrons. The van der Waals surface area contributed by atoms with E-state index in [4.69, 9.17) is 4.99 Å². The van der Waals surface area contributed by atoms with Crippen LogP contribution >= 0.6 is 24.0 Å². The van der Waals surface area contributed by atoms with E-state index in [2.05, 4.69) is 39.2 Å². The monoisotopic (exact) mass is 544 g/mol. The summed E-state index contributed by atoms with van der Waals surface area (Å²) in [6, 6.07) is 18.2. The third-order valence-corrected chi connectivity index (χ3v) is 5.38. The van der Waals surface area contributed by atoms with Crippen LogP contribution in [-0.2, 0) is 17.9 Å². The number of hydrogen-bond acceptors (Lipinski definition) is 3. The predicted octanol–water partition coefficient (Wildman–Crippen LogP) is 3.73. The predicted molar refractivity (Wildman–Crippen MR) is 138 cm³/mol. The molecule has 0 saturated carbocycles. The summed E-state index contributed by atoms with van der Waals surface area (Å²) in [4.78, 5) is 16.9. The molecule has 3 aromatic rings. The Morgan fingerprint density at radius 2 is 1.91 bits per heavy atom. The van der Waals surface area contributed by atoms with Crippen molar-refractivity contribution in [3.8, 4) is 0 Å². The van der Waals surface area contributed by atoms with Gasteiger partial charge in [-0.05, 0) is 35.7 Å². The van der Waals surface area contributed by atoms with Gasteiger partial charge in [0, 0.05) is 43.5 Å². The highest BCUT2D eigenvalue weighted by molar-refractivity contribution is 14.0. The number of guanidine groups is 1. The number of aliphatic imine (C=N–C) groups is 1. The lowest BCUT2D eigenvalue weighted by Gasteiger charge is -2.26. The first-order valence-corrected chi connectivity index (χ1v) is 10.7. The fourth-order valence-electron chi connectivity index (χ4n) is 3.84. The number of benzene rings is 2. The lowest BCUT2D eigenvalue weighted by molar-refractivity contribution is -0.116. The fourth-order valence-corrected chi connectivity index (χ4v) is 3.84. The first-order valence-electron chi connectivity index (χ1n) is 10.7. The van der Waals surface area contributed by atoms with Crippen LogP contribution in [0.3, 0.4) is 0 Å². The van der Waals surface area contributed by atoms with Gasteiger partial charge in [-0.15, -0.1) is 24.0 Å². The second kappa shape index (κ2) is 11.7. The lowest BCUT2D eigenvalue weighted by Crippen LogP contribution is -2.40. The molecule has 4 rings (SSSR count). The van der Waals surface area contributed by atoms with Gasteiger partial charge in [0.1, 0.15) is 0 Å². The zero-order valence-electron chi connectivity index (χ0n) is 18.1. The molecule has 7 nitrogen and oxygen atoms in total. The largest absolute Gasteiger partial charge is 0.357 e. The van der Waals surface area contributed by atoms with Gasteiger partial charge >= 0.3 is 0 Å². The number of amides is 1. The number of nitrogens with one attached hydrogen (secondary N) is 3. The maximum atomic E-state index is 12.1. The van der Waals surface area contributed by atoms with Gasteiger partial charge in [-0.25, -0.2) is 4.99 Å². The van der Waals surface area contributed by atoms with Crippen LogP contribution in [0, 0.1) is 0 Å². The van der Waals surface area contributed by atoms with Crippen LogP contribution in [0.5, 0.6) is 0 Å². The summed E-state index contributed by atoms with van der Waals surface area (Å²) in [5, 5.41) is 14.0. The van der Waals surface area contributed by atoms with Crippen molar-refractivity contribution < 1.29 is 4.79 Å². The Bertz CT molecular complexity index is 1050. The summed E-state index contributed by atoms with van der Waals surface area (Å²) < 4.78 is 1.91. The molecule has 1 amide bonds. The number of rotatable bonds is 7. The molecule has 0 spiro atoms. The van der Waals surface area contributed by atoms with Crippen LogP contribution in [0.4, 0.5) is 5.69 Å². The molecule has 2 aromatic carbocycles. The van der Waals surface area contributed by atoms with E-state index in [0.717, 1.165) is 35.9 Å². The number of fused-ring (bicyclic) bond motifs is 1. The average Bonchev–Trinajstić information content (AvgIpc) is 3.29. The molecule has 1 aliphatic rings. The van der Waals surface area contributed by atoms with Crippen LogP contribution in [0.1, 0.15) is 36.0 Å². The number of halogens is 1. The highest BCUT2D eigenvalue weighted by atomic mass is 127. The minimum Gasteiger partial charge on any atom is -0.357 e. The van der Waals surface area contributed by atoms with Crippen molar-refractivity contribution in [1.82, 2.24) is 20.4 Å². The maximum absolute atomic E-state index is 12.1. The molecule has 8 heteroatoms. The number of nitrogens with zero attached hydrogens (tertiary/aromatic N) is 3. The van der Waals surface area contributed by atoms with Gasteiger partial charge in [-0.1, -0.05) is 42.5 Å². The SMILES string of the molecule is CCNC(=NCc1ccccc1Cn1cccn1)NCC1CC(=O)Nc2ccccc21.I. The lowest BCUT2D eigenvalue weighted by atomic mass is 9.90. The number of hydrogen-bond donors (Lipinski definition) is 3. The first-order chi connectivity index (χ1) is 15.2. The van der Waals surface area contributed by atoms with Crippen molar-refractivity contribution in [2.75, 3.05) is 18.4 Å². The average molecular weight is 544 g/mol. The van der Waals surface area contributed by atoms with Gasteiger partial charge in [0.2, 0.25) is 5.91 Å². The Balaban J connectivity index is 0.00000289. The molecule has 1 aromatic heterocycles. The molecule has 0 saturated heterocycles. The summed E-state index contributed by atoms with van der Waals surface area (Å²) in [5.74, 6) is 0.917. The van der Waals surface area contributed by atoms with Gasteiger partial charge in [-0.3, -0.25) is 9.48 Å². The Morgan fingerprint density at radius 3 is 2.69 bits per heavy atom. The van der Waals surface area contributed by atoms with E-state index in [1.165, 1.54) is 5.56 Å². The number of aromatic nitrogens is 2. The molecule has 3 N–H and O–H groups in total. The number of carbonyl (C=O) groups excluding carboxylic acids is 1. The molecule has 1 atom stereocenters. The molecule has 0 aliphatic carbocycles. The first kappa shape index (κ1) is 23.8. The highest BCUT2D eigenvalue weighted by Gasteiger charge is 2.24. The van der Waals surface area contributed by atoms with Crippen LogP contribution in [0.15, 0.2) is 72.0 Å². The number of anilines is 1. The third-order valence-electron chi connectivity index (χ3n) is 5.38. The molecule has 0 fully saturated rings. The molecule has 1 aliphatic heterocycles. The normalized spacial score (nSPS) is 15.3. The van der Waals surface area contributed by atoms with E-state index >= 15 is 0 Å². The van der Waals surface area contributed by atoms with Gasteiger partial charge in [-0.2, -0.15) is 5.10 Å². The van der Waals surface area contributed by atoms with E-state index < -0.39 is 0 Å². The Labute approximate surface area is 205 Å². The van der Waals surface area contributed by atoms with E-state index in [1.807, 2.05) is 54.2 Å². The molecule has 0 radical (unpaired) electrons. The van der Waals surface area contributed by atoms with Crippen LogP contribution in [0.2, 0.25) is 0 Å². The van der Waals surface area contributed by atoms with Crippen molar-refractivity contribution in [3.05, 3.63) is 83.7 Å². The Kier molecular flexibility index (Phi) is 8.66. The van der Waals surface area contributed by atoms with Crippen molar-refractivity contribution in [1.29, 1.82) is 0 Å². The zero-order valence-corrected chi connectivity index (χ0v) is 20.5. The van der Waals surface area contributed by atoms with E-state index in [1.54, 1.807) is 6.20 Å². The zero-order chi connectivity index (χ0) is 21.5. The van der Waals surface area contributed by atoms with Gasteiger partial charge in [0.05, 0.1) is 13.1 Å². The minimum absolute atomic E-state index is 0.